The van der Waals surface area contributed by atoms with Crippen molar-refractivity contribution in [1.29, 1.82) is 0 Å². The molecule has 292 valence electrons. The van der Waals surface area contributed by atoms with E-state index >= 15 is 0 Å². The first-order valence-corrected chi connectivity index (χ1v) is 22.4. The Morgan fingerprint density at radius 3 is 1.56 bits per heavy atom. The molecule has 0 atom stereocenters. The van der Waals surface area contributed by atoms with Gasteiger partial charge in [-0.3, -0.25) is 0 Å². The second-order valence-corrected chi connectivity index (χ2v) is 18.5. The van der Waals surface area contributed by atoms with Crippen LogP contribution in [0.3, 0.4) is 0 Å². The molecule has 4 fully saturated rings. The van der Waals surface area contributed by atoms with Crippen LogP contribution in [0.25, 0.3) is 66.1 Å². The predicted molar refractivity (Wildman–Crippen MR) is 253 cm³/mol. The van der Waals surface area contributed by atoms with Crippen molar-refractivity contribution in [3.05, 3.63) is 199 Å². The molecule has 3 nitrogen and oxygen atoms in total. The molecule has 0 radical (unpaired) electrons. The van der Waals surface area contributed by atoms with Crippen molar-refractivity contribution in [2.45, 2.75) is 37.5 Å². The average Bonchev–Trinajstić information content (AvgIpc) is 3.93. The molecule has 15 rings (SSSR count). The molecule has 2 aromatic heterocycles. The van der Waals surface area contributed by atoms with E-state index in [9.17, 15) is 0 Å². The highest BCUT2D eigenvalue weighted by Gasteiger charge is 2.61. The van der Waals surface area contributed by atoms with Crippen molar-refractivity contribution in [2.75, 3.05) is 4.90 Å². The molecule has 5 aliphatic rings. The van der Waals surface area contributed by atoms with Crippen LogP contribution in [0.2, 0.25) is 0 Å². The van der Waals surface area contributed by atoms with Gasteiger partial charge in [0.1, 0.15) is 0 Å². The number of nitrogens with zero attached hydrogens (tertiary/aromatic N) is 3. The lowest BCUT2D eigenvalue weighted by atomic mass is 9.43. The molecule has 2 heterocycles. The molecule has 0 aliphatic heterocycles. The highest BCUT2D eigenvalue weighted by Crippen LogP contribution is 2.70. The van der Waals surface area contributed by atoms with E-state index in [1.54, 1.807) is 11.1 Å². The Bertz CT molecular complexity index is 3300. The first kappa shape index (κ1) is 33.9. The third-order valence-electron chi connectivity index (χ3n) is 15.7. The Morgan fingerprint density at radius 1 is 0.393 bits per heavy atom. The van der Waals surface area contributed by atoms with Gasteiger partial charge in [0.2, 0.25) is 0 Å². The lowest BCUT2D eigenvalue weighted by molar-refractivity contribution is -0.0399. The second kappa shape index (κ2) is 12.6. The lowest BCUT2D eigenvalue weighted by Crippen LogP contribution is -2.55. The summed E-state index contributed by atoms with van der Waals surface area (Å²) in [5.41, 5.74) is 16.9. The molecule has 0 amide bonds. The molecule has 0 N–H and O–H groups in total. The third-order valence-corrected chi connectivity index (χ3v) is 15.7. The van der Waals surface area contributed by atoms with Crippen molar-refractivity contribution >= 4 is 60.7 Å². The summed E-state index contributed by atoms with van der Waals surface area (Å²) in [6.45, 7) is 0. The van der Waals surface area contributed by atoms with Crippen LogP contribution in [0.5, 0.6) is 0 Å². The molecule has 4 bridgehead atoms. The maximum Gasteiger partial charge on any atom is 0.0561 e. The zero-order valence-electron chi connectivity index (χ0n) is 34.1. The van der Waals surface area contributed by atoms with Crippen molar-refractivity contribution in [1.82, 2.24) is 9.13 Å². The van der Waals surface area contributed by atoms with Crippen LogP contribution in [-0.2, 0) is 5.41 Å². The summed E-state index contributed by atoms with van der Waals surface area (Å²) >= 11 is 0. The van der Waals surface area contributed by atoms with E-state index in [4.69, 9.17) is 0 Å². The number of aromatic nitrogens is 2. The minimum absolute atomic E-state index is 0.0884. The van der Waals surface area contributed by atoms with Crippen LogP contribution in [0, 0.1) is 23.7 Å². The number of anilines is 3. The van der Waals surface area contributed by atoms with Crippen LogP contribution >= 0.6 is 0 Å². The maximum atomic E-state index is 2.58. The summed E-state index contributed by atoms with van der Waals surface area (Å²) < 4.78 is 4.88. The van der Waals surface area contributed by atoms with Gasteiger partial charge in [0.05, 0.1) is 27.8 Å². The minimum Gasteiger partial charge on any atom is -0.310 e. The third kappa shape index (κ3) is 4.59. The predicted octanol–water partition coefficient (Wildman–Crippen LogP) is 15.1. The SMILES string of the molecule is c1ccc(-n2c3ccccc3c3ccc(N(c4ccc(-n5c6ccccc6c6ccccc65)cc4)c4cccc5c4-c4ccccc4C54C5CC6CC(C5)CC4C6)cc32)cc1. The second-order valence-electron chi connectivity index (χ2n) is 18.5. The Hall–Kier alpha value is -6.84. The summed E-state index contributed by atoms with van der Waals surface area (Å²) in [4.78, 5) is 2.58. The standard InChI is InChI=1S/C58H45N3/c1-2-13-41(14-3-1)61-54-23-11-7-17-47(54)48-30-29-44(36-56(48)61)59(42-25-27-43(28-26-42)60-52-21-9-5-15-45(52)46-16-6-10-22-53(46)60)55-24-12-20-51-57(55)49-18-4-8-19-50(49)58(51)39-32-37-31-38(34-39)35-40(58)33-37/h1-30,36-40H,31-35H2. The molecule has 0 saturated heterocycles. The number of benzene rings is 8. The van der Waals surface area contributed by atoms with Gasteiger partial charge in [0.15, 0.2) is 0 Å². The first-order valence-electron chi connectivity index (χ1n) is 22.4. The Kier molecular flexibility index (Phi) is 7.01. The summed E-state index contributed by atoms with van der Waals surface area (Å²) in [6, 6.07) is 70.8. The van der Waals surface area contributed by atoms with Gasteiger partial charge in [-0.15, -0.1) is 0 Å². The van der Waals surface area contributed by atoms with Crippen molar-refractivity contribution in [2.24, 2.45) is 23.7 Å². The summed E-state index contributed by atoms with van der Waals surface area (Å²) in [7, 11) is 0. The molecule has 5 aliphatic carbocycles. The maximum absolute atomic E-state index is 2.58. The van der Waals surface area contributed by atoms with Gasteiger partial charge >= 0.3 is 0 Å². The Labute approximate surface area is 356 Å². The molecule has 3 heteroatoms. The highest BCUT2D eigenvalue weighted by molar-refractivity contribution is 6.11. The quantitative estimate of drug-likeness (QED) is 0.169. The summed E-state index contributed by atoms with van der Waals surface area (Å²) in [5, 5.41) is 5.10. The Morgan fingerprint density at radius 2 is 0.902 bits per heavy atom. The van der Waals surface area contributed by atoms with E-state index in [0.717, 1.165) is 28.9 Å². The van der Waals surface area contributed by atoms with Gasteiger partial charge in [-0.2, -0.15) is 0 Å². The van der Waals surface area contributed by atoms with Gasteiger partial charge in [-0.1, -0.05) is 115 Å². The van der Waals surface area contributed by atoms with Crippen molar-refractivity contribution in [3.8, 4) is 22.5 Å². The van der Waals surface area contributed by atoms with Gasteiger partial charge in [-0.05, 0) is 145 Å². The van der Waals surface area contributed by atoms with E-state index in [1.807, 2.05) is 0 Å². The van der Waals surface area contributed by atoms with Crippen LogP contribution in [-0.4, -0.2) is 9.13 Å². The number of hydrogen-bond acceptors (Lipinski definition) is 1. The molecule has 1 spiro atoms. The highest BCUT2D eigenvalue weighted by atomic mass is 15.1. The lowest BCUT2D eigenvalue weighted by Gasteiger charge is -2.61. The molecule has 61 heavy (non-hydrogen) atoms. The topological polar surface area (TPSA) is 13.1 Å². The molecule has 4 saturated carbocycles. The van der Waals surface area contributed by atoms with Crippen molar-refractivity contribution in [3.63, 3.8) is 0 Å². The van der Waals surface area contributed by atoms with Crippen molar-refractivity contribution < 1.29 is 0 Å². The number of hydrogen-bond donors (Lipinski definition) is 0. The summed E-state index contributed by atoms with van der Waals surface area (Å²) in [6.07, 6.45) is 6.96. The normalized spacial score (nSPS) is 22.2. The fourth-order valence-electron chi connectivity index (χ4n) is 13.7. The fraction of sp³-hybridized carbons (Fsp3) is 0.172. The zero-order valence-corrected chi connectivity index (χ0v) is 34.1. The van der Waals surface area contributed by atoms with E-state index < -0.39 is 0 Å². The molecular formula is C58H45N3. The molecule has 0 unspecified atom stereocenters. The van der Waals surface area contributed by atoms with Crippen LogP contribution in [0.15, 0.2) is 188 Å². The van der Waals surface area contributed by atoms with E-state index in [-0.39, 0.29) is 5.41 Å². The minimum atomic E-state index is 0.0884. The van der Waals surface area contributed by atoms with E-state index in [1.165, 1.54) is 98.2 Å². The zero-order chi connectivity index (χ0) is 39.8. The van der Waals surface area contributed by atoms with E-state index in [0.29, 0.717) is 11.8 Å². The number of para-hydroxylation sites is 4. The van der Waals surface area contributed by atoms with Gasteiger partial charge in [0.25, 0.3) is 0 Å². The van der Waals surface area contributed by atoms with Crippen LogP contribution < -0.4 is 4.90 Å². The monoisotopic (exact) mass is 783 g/mol. The van der Waals surface area contributed by atoms with Crippen LogP contribution in [0.4, 0.5) is 17.1 Å². The van der Waals surface area contributed by atoms with Gasteiger partial charge in [0, 0.05) is 55.3 Å². The summed E-state index contributed by atoms with van der Waals surface area (Å²) in [5.74, 6) is 3.22. The largest absolute Gasteiger partial charge is 0.310 e. The fourth-order valence-corrected chi connectivity index (χ4v) is 13.7. The number of fused-ring (bicyclic) bond motifs is 9. The number of rotatable bonds is 5. The molecular weight excluding hydrogens is 739 g/mol. The van der Waals surface area contributed by atoms with Crippen LogP contribution in [0.1, 0.15) is 43.2 Å². The van der Waals surface area contributed by atoms with E-state index in [2.05, 4.69) is 202 Å². The Balaban J connectivity index is 1.02. The van der Waals surface area contributed by atoms with Gasteiger partial charge in [-0.25, -0.2) is 0 Å². The molecule has 8 aromatic carbocycles. The first-order chi connectivity index (χ1) is 30.2. The molecule has 10 aromatic rings. The van der Waals surface area contributed by atoms with Gasteiger partial charge < -0.3 is 14.0 Å². The average molecular weight is 784 g/mol. The smallest absolute Gasteiger partial charge is 0.0561 e.